The highest BCUT2D eigenvalue weighted by molar-refractivity contribution is 7.80. The molecule has 0 aliphatic carbocycles. The molecule has 20 heavy (non-hydrogen) atoms. The largest absolute Gasteiger partial charge is 0.431 e. The Hall–Kier alpha value is -1.68. The van der Waals surface area contributed by atoms with Crippen LogP contribution in [0.5, 0.6) is 5.75 Å². The Morgan fingerprint density at radius 3 is 2.90 bits per heavy atom. The van der Waals surface area contributed by atoms with Crippen molar-refractivity contribution in [3.05, 3.63) is 30.0 Å². The molecule has 0 saturated carbocycles. The van der Waals surface area contributed by atoms with E-state index in [4.69, 9.17) is 17.0 Å². The number of hydrogen-bond donors (Lipinski definition) is 0. The molecular formula is C16H18N2OS. The lowest BCUT2D eigenvalue weighted by atomic mass is 10.1. The quantitative estimate of drug-likeness (QED) is 0.621. The summed E-state index contributed by atoms with van der Waals surface area (Å²) in [7, 11) is 0. The highest BCUT2D eigenvalue weighted by Gasteiger charge is 2.25. The lowest BCUT2D eigenvalue weighted by Gasteiger charge is -2.31. The minimum Gasteiger partial charge on any atom is -0.431 e. The van der Waals surface area contributed by atoms with Crippen LogP contribution in [0.3, 0.4) is 0 Å². The molecule has 0 atom stereocenters. The van der Waals surface area contributed by atoms with Crippen LogP contribution in [0.15, 0.2) is 24.4 Å². The summed E-state index contributed by atoms with van der Waals surface area (Å²) in [6, 6.07) is 6.05. The Kier molecular flexibility index (Phi) is 3.57. The number of nitrogens with zero attached hydrogens (tertiary/aromatic N) is 2. The molecule has 3 nitrogen and oxygen atoms in total. The van der Waals surface area contributed by atoms with Gasteiger partial charge in [-0.3, -0.25) is 4.98 Å². The van der Waals surface area contributed by atoms with Gasteiger partial charge >= 0.3 is 0 Å². The van der Waals surface area contributed by atoms with Crippen molar-refractivity contribution >= 4 is 34.0 Å². The maximum absolute atomic E-state index is 5.82. The van der Waals surface area contributed by atoms with Crippen LogP contribution < -0.4 is 9.64 Å². The molecule has 0 spiro atoms. The molecule has 1 aliphatic rings. The standard InChI is InChI=1S/C16H18N2OS/c1-3-4-5-10-18-12-8-9-17-15-11(2)6-7-13(14(12)15)19-16(18)20/h6-9H,3-5,10H2,1-2H3. The van der Waals surface area contributed by atoms with Crippen molar-refractivity contribution in [3.63, 3.8) is 0 Å². The number of aryl methyl sites for hydroxylation is 1. The maximum Gasteiger partial charge on any atom is 0.269 e. The summed E-state index contributed by atoms with van der Waals surface area (Å²) in [5, 5.41) is 1.63. The summed E-state index contributed by atoms with van der Waals surface area (Å²) in [6.45, 7) is 5.18. The Balaban J connectivity index is 2.09. The third-order valence-corrected chi connectivity index (χ3v) is 4.03. The van der Waals surface area contributed by atoms with E-state index in [0.29, 0.717) is 5.17 Å². The third-order valence-electron chi connectivity index (χ3n) is 3.73. The number of aromatic nitrogens is 1. The monoisotopic (exact) mass is 286 g/mol. The van der Waals surface area contributed by atoms with Crippen LogP contribution in [-0.4, -0.2) is 16.7 Å². The second-order valence-corrected chi connectivity index (χ2v) is 5.51. The number of rotatable bonds is 4. The second-order valence-electron chi connectivity index (χ2n) is 5.16. The number of ether oxygens (including phenoxy) is 1. The van der Waals surface area contributed by atoms with Crippen molar-refractivity contribution in [3.8, 4) is 5.75 Å². The fraction of sp³-hybridized carbons (Fsp3) is 0.375. The number of thiocarbonyl (C=S) groups is 1. The summed E-state index contributed by atoms with van der Waals surface area (Å²) in [4.78, 5) is 6.59. The maximum atomic E-state index is 5.82. The first-order chi connectivity index (χ1) is 9.72. The third kappa shape index (κ3) is 2.14. The summed E-state index contributed by atoms with van der Waals surface area (Å²) in [5.41, 5.74) is 3.29. The highest BCUT2D eigenvalue weighted by Crippen LogP contribution is 2.39. The normalized spacial score (nSPS) is 13.7. The van der Waals surface area contributed by atoms with Gasteiger partial charge in [0.2, 0.25) is 0 Å². The average Bonchev–Trinajstić information content (AvgIpc) is 2.46. The first kappa shape index (κ1) is 13.3. The molecule has 0 N–H and O–H groups in total. The van der Waals surface area contributed by atoms with Gasteiger partial charge in [0.1, 0.15) is 5.75 Å². The van der Waals surface area contributed by atoms with Gasteiger partial charge in [-0.05, 0) is 43.3 Å². The molecule has 1 aromatic heterocycles. The molecule has 3 rings (SSSR count). The first-order valence-electron chi connectivity index (χ1n) is 7.10. The number of benzene rings is 1. The molecule has 0 amide bonds. The van der Waals surface area contributed by atoms with Gasteiger partial charge < -0.3 is 9.64 Å². The smallest absolute Gasteiger partial charge is 0.269 e. The van der Waals surface area contributed by atoms with Gasteiger partial charge in [0.05, 0.1) is 16.6 Å². The molecule has 1 aliphatic heterocycles. The highest BCUT2D eigenvalue weighted by atomic mass is 32.1. The minimum absolute atomic E-state index is 0.546. The van der Waals surface area contributed by atoms with Gasteiger partial charge in [-0.2, -0.15) is 0 Å². The SMILES string of the molecule is CCCCCN1C(=S)Oc2ccc(C)c3nccc1c23. The topological polar surface area (TPSA) is 25.4 Å². The van der Waals surface area contributed by atoms with Crippen molar-refractivity contribution in [2.75, 3.05) is 11.4 Å². The number of hydrogen-bond acceptors (Lipinski definition) is 3. The van der Waals surface area contributed by atoms with E-state index in [2.05, 4.69) is 23.7 Å². The molecule has 0 bridgehead atoms. The summed E-state index contributed by atoms with van der Waals surface area (Å²) in [5.74, 6) is 0.824. The van der Waals surface area contributed by atoms with Gasteiger partial charge in [-0.1, -0.05) is 25.8 Å². The van der Waals surface area contributed by atoms with E-state index in [1.807, 2.05) is 24.4 Å². The zero-order valence-electron chi connectivity index (χ0n) is 11.8. The average molecular weight is 286 g/mol. The molecule has 0 fully saturated rings. The fourth-order valence-electron chi connectivity index (χ4n) is 2.65. The van der Waals surface area contributed by atoms with E-state index in [1.54, 1.807) is 0 Å². The van der Waals surface area contributed by atoms with Crippen LogP contribution in [-0.2, 0) is 0 Å². The molecule has 2 heterocycles. The van der Waals surface area contributed by atoms with Crippen molar-refractivity contribution in [1.29, 1.82) is 0 Å². The van der Waals surface area contributed by atoms with Gasteiger partial charge in [0.25, 0.3) is 5.17 Å². The van der Waals surface area contributed by atoms with Gasteiger partial charge in [-0.25, -0.2) is 0 Å². The lowest BCUT2D eigenvalue weighted by molar-refractivity contribution is 0.541. The predicted molar refractivity (Wildman–Crippen MR) is 86.6 cm³/mol. The van der Waals surface area contributed by atoms with Gasteiger partial charge in [-0.15, -0.1) is 0 Å². The van der Waals surface area contributed by atoms with Crippen LogP contribution >= 0.6 is 12.2 Å². The van der Waals surface area contributed by atoms with Crippen molar-refractivity contribution < 1.29 is 4.74 Å². The molecular weight excluding hydrogens is 268 g/mol. The van der Waals surface area contributed by atoms with Crippen LogP contribution in [0.1, 0.15) is 31.7 Å². The molecule has 1 aromatic carbocycles. The van der Waals surface area contributed by atoms with Crippen molar-refractivity contribution in [2.24, 2.45) is 0 Å². The van der Waals surface area contributed by atoms with E-state index < -0.39 is 0 Å². The zero-order valence-corrected chi connectivity index (χ0v) is 12.7. The van der Waals surface area contributed by atoms with Crippen LogP contribution in [0.25, 0.3) is 10.9 Å². The van der Waals surface area contributed by atoms with E-state index in [-0.39, 0.29) is 0 Å². The lowest BCUT2D eigenvalue weighted by Crippen LogP contribution is -2.36. The molecule has 0 radical (unpaired) electrons. The van der Waals surface area contributed by atoms with Crippen LogP contribution in [0.2, 0.25) is 0 Å². The van der Waals surface area contributed by atoms with E-state index >= 15 is 0 Å². The Morgan fingerprint density at radius 2 is 2.10 bits per heavy atom. The molecule has 2 aromatic rings. The van der Waals surface area contributed by atoms with Gasteiger partial charge in [0.15, 0.2) is 0 Å². The Bertz CT molecular complexity index is 669. The van der Waals surface area contributed by atoms with Crippen molar-refractivity contribution in [1.82, 2.24) is 4.98 Å². The van der Waals surface area contributed by atoms with Crippen LogP contribution in [0, 0.1) is 6.92 Å². The molecule has 104 valence electrons. The van der Waals surface area contributed by atoms with Crippen molar-refractivity contribution in [2.45, 2.75) is 33.1 Å². The predicted octanol–water partition coefficient (Wildman–Crippen LogP) is 4.22. The molecule has 4 heteroatoms. The molecule has 0 saturated heterocycles. The Labute approximate surface area is 124 Å². The summed E-state index contributed by atoms with van der Waals surface area (Å²) >= 11 is 5.41. The first-order valence-corrected chi connectivity index (χ1v) is 7.51. The molecule has 0 unspecified atom stereocenters. The fourth-order valence-corrected chi connectivity index (χ4v) is 2.93. The number of unbranched alkanes of at least 4 members (excludes halogenated alkanes) is 2. The second kappa shape index (κ2) is 5.37. The minimum atomic E-state index is 0.546. The number of pyridine rings is 1. The zero-order chi connectivity index (χ0) is 14.1. The number of anilines is 1. The summed E-state index contributed by atoms with van der Waals surface area (Å²) in [6.07, 6.45) is 5.37. The van der Waals surface area contributed by atoms with E-state index in [9.17, 15) is 0 Å². The summed E-state index contributed by atoms with van der Waals surface area (Å²) < 4.78 is 5.82. The van der Waals surface area contributed by atoms with Gasteiger partial charge in [0, 0.05) is 12.7 Å². The van der Waals surface area contributed by atoms with E-state index in [0.717, 1.165) is 40.9 Å². The van der Waals surface area contributed by atoms with Crippen LogP contribution in [0.4, 0.5) is 5.69 Å². The van der Waals surface area contributed by atoms with E-state index in [1.165, 1.54) is 12.8 Å². The Morgan fingerprint density at radius 1 is 1.25 bits per heavy atom.